The number of nitrogens with one attached hydrogen (secondary N) is 1. The van der Waals surface area contributed by atoms with Crippen LogP contribution < -0.4 is 5.32 Å². The van der Waals surface area contributed by atoms with Gasteiger partial charge in [-0.1, -0.05) is 48.2 Å². The minimum Gasteiger partial charge on any atom is -0.393 e. The summed E-state index contributed by atoms with van der Waals surface area (Å²) in [6.07, 6.45) is 4.13. The Morgan fingerprint density at radius 1 is 1.08 bits per heavy atom. The van der Waals surface area contributed by atoms with Gasteiger partial charge in [-0.15, -0.1) is 0 Å². The van der Waals surface area contributed by atoms with E-state index in [4.69, 9.17) is 5.11 Å². The summed E-state index contributed by atoms with van der Waals surface area (Å²) in [5, 5.41) is 31.1. The number of aliphatic hydroxyl groups excluding tert-OH is 3. The fourth-order valence-corrected chi connectivity index (χ4v) is 4.38. The lowest BCUT2D eigenvalue weighted by Gasteiger charge is -2.37. The first-order valence-corrected chi connectivity index (χ1v) is 12.1. The summed E-state index contributed by atoms with van der Waals surface area (Å²) < 4.78 is 28.0. The predicted molar refractivity (Wildman–Crippen MR) is 134 cm³/mol. The normalized spacial score (nSPS) is 19.2. The second-order valence-corrected chi connectivity index (χ2v) is 9.30. The number of alkyl halides is 2. The Balaban J connectivity index is 1.35. The molecule has 1 aromatic heterocycles. The molecule has 0 amide bonds. The first kappa shape index (κ1) is 26.0. The summed E-state index contributed by atoms with van der Waals surface area (Å²) in [4.78, 5) is 4.13. The number of nitrogens with zero attached hydrogens (tertiary/aromatic N) is 2. The van der Waals surface area contributed by atoms with Crippen LogP contribution in [0.1, 0.15) is 54.8 Å². The van der Waals surface area contributed by atoms with E-state index in [1.165, 1.54) is 5.56 Å². The summed E-state index contributed by atoms with van der Waals surface area (Å²) in [6.45, 7) is -0.199. The lowest BCUT2D eigenvalue weighted by molar-refractivity contribution is -0.0512. The zero-order valence-corrected chi connectivity index (χ0v) is 20.1. The molecule has 0 spiro atoms. The number of hydrogen-bond donors (Lipinski definition) is 4. The van der Waals surface area contributed by atoms with Crippen LogP contribution in [0.2, 0.25) is 0 Å². The van der Waals surface area contributed by atoms with Gasteiger partial charge in [0.15, 0.2) is 0 Å². The largest absolute Gasteiger partial charge is 0.393 e. The number of hydrogen-bond acceptors (Lipinski definition) is 5. The number of aromatic nitrogens is 2. The second-order valence-electron chi connectivity index (χ2n) is 9.30. The highest BCUT2D eigenvalue weighted by Crippen LogP contribution is 2.37. The van der Waals surface area contributed by atoms with E-state index in [2.05, 4.69) is 46.4 Å². The van der Waals surface area contributed by atoms with E-state index in [9.17, 15) is 19.0 Å². The molecule has 1 heterocycles. The van der Waals surface area contributed by atoms with Crippen LogP contribution in [0.15, 0.2) is 60.9 Å². The van der Waals surface area contributed by atoms with Crippen LogP contribution >= 0.6 is 0 Å². The highest BCUT2D eigenvalue weighted by atomic mass is 19.3. The maximum absolute atomic E-state index is 13.2. The van der Waals surface area contributed by atoms with Crippen molar-refractivity contribution in [2.75, 3.05) is 19.8 Å². The summed E-state index contributed by atoms with van der Waals surface area (Å²) in [5.74, 6) is 3.87. The average molecular weight is 496 g/mol. The Hall–Kier alpha value is -3.09. The van der Waals surface area contributed by atoms with Gasteiger partial charge in [0.1, 0.15) is 24.6 Å². The quantitative estimate of drug-likeness (QED) is 0.340. The topological polar surface area (TPSA) is 90.5 Å². The molecule has 3 aromatic rings. The fourth-order valence-electron chi connectivity index (χ4n) is 4.38. The van der Waals surface area contributed by atoms with Crippen molar-refractivity contribution in [3.63, 3.8) is 0 Å². The van der Waals surface area contributed by atoms with Crippen LogP contribution in [-0.2, 0) is 0 Å². The Labute approximate surface area is 209 Å². The monoisotopic (exact) mass is 495 g/mol. The van der Waals surface area contributed by atoms with Crippen LogP contribution in [-0.4, -0.2) is 56.6 Å². The number of halogens is 2. The summed E-state index contributed by atoms with van der Waals surface area (Å²) >= 11 is 0. The molecule has 36 heavy (non-hydrogen) atoms. The SMILES string of the molecule is C[C@H](O)c1nccn1C(C#Cc1ccc(-c2ccc(C3CC(NCC(F)(F)CO)C3)cc2)cc1)CO. The van der Waals surface area contributed by atoms with Gasteiger partial charge in [-0.25, -0.2) is 13.8 Å². The number of imidazole rings is 1. The molecule has 2 aromatic carbocycles. The van der Waals surface area contributed by atoms with Crippen LogP contribution in [0.3, 0.4) is 0 Å². The Morgan fingerprint density at radius 3 is 2.31 bits per heavy atom. The fraction of sp³-hybridized carbons (Fsp3) is 0.393. The average Bonchev–Trinajstić information content (AvgIpc) is 3.34. The lowest BCUT2D eigenvalue weighted by Crippen LogP contribution is -2.46. The molecule has 0 saturated heterocycles. The molecule has 1 aliphatic rings. The van der Waals surface area contributed by atoms with Crippen LogP contribution in [0.5, 0.6) is 0 Å². The molecule has 0 bridgehead atoms. The molecule has 0 radical (unpaired) electrons. The van der Waals surface area contributed by atoms with Crippen molar-refractivity contribution in [3.05, 3.63) is 77.9 Å². The molecule has 4 rings (SSSR count). The molecule has 0 aliphatic heterocycles. The molecule has 1 fully saturated rings. The molecule has 6 nitrogen and oxygen atoms in total. The van der Waals surface area contributed by atoms with Crippen molar-refractivity contribution < 1.29 is 24.1 Å². The summed E-state index contributed by atoms with van der Waals surface area (Å²) in [5.41, 5.74) is 4.13. The molecule has 190 valence electrons. The maximum atomic E-state index is 13.2. The van der Waals surface area contributed by atoms with Gasteiger partial charge in [0.25, 0.3) is 5.92 Å². The van der Waals surface area contributed by atoms with Gasteiger partial charge in [-0.05, 0) is 54.5 Å². The van der Waals surface area contributed by atoms with Crippen molar-refractivity contribution in [2.24, 2.45) is 0 Å². The van der Waals surface area contributed by atoms with Crippen molar-refractivity contribution in [1.82, 2.24) is 14.9 Å². The maximum Gasteiger partial charge on any atom is 0.282 e. The summed E-state index contributed by atoms with van der Waals surface area (Å²) in [7, 11) is 0. The highest BCUT2D eigenvalue weighted by molar-refractivity contribution is 5.64. The van der Waals surface area contributed by atoms with E-state index in [0.29, 0.717) is 11.7 Å². The van der Waals surface area contributed by atoms with Gasteiger partial charge in [0.2, 0.25) is 0 Å². The highest BCUT2D eigenvalue weighted by Gasteiger charge is 2.34. The van der Waals surface area contributed by atoms with Gasteiger partial charge < -0.3 is 25.2 Å². The third-order valence-corrected chi connectivity index (χ3v) is 6.58. The smallest absolute Gasteiger partial charge is 0.282 e. The van der Waals surface area contributed by atoms with Crippen molar-refractivity contribution >= 4 is 0 Å². The number of benzene rings is 2. The first-order valence-electron chi connectivity index (χ1n) is 12.1. The van der Waals surface area contributed by atoms with E-state index in [1.54, 1.807) is 23.9 Å². The van der Waals surface area contributed by atoms with Gasteiger partial charge in [0.05, 0.1) is 13.2 Å². The second kappa shape index (κ2) is 11.3. The summed E-state index contributed by atoms with van der Waals surface area (Å²) in [6, 6.07) is 15.7. The molecule has 1 unspecified atom stereocenters. The zero-order valence-electron chi connectivity index (χ0n) is 20.1. The van der Waals surface area contributed by atoms with E-state index in [1.807, 2.05) is 24.3 Å². The van der Waals surface area contributed by atoms with E-state index < -0.39 is 31.2 Å². The Morgan fingerprint density at radius 2 is 1.72 bits per heavy atom. The van der Waals surface area contributed by atoms with E-state index >= 15 is 0 Å². The number of rotatable bonds is 9. The molecule has 8 heteroatoms. The van der Waals surface area contributed by atoms with Gasteiger partial charge in [0, 0.05) is 24.0 Å². The van der Waals surface area contributed by atoms with Gasteiger partial charge in [-0.2, -0.15) is 0 Å². The van der Waals surface area contributed by atoms with Gasteiger partial charge >= 0.3 is 0 Å². The van der Waals surface area contributed by atoms with Crippen molar-refractivity contribution in [1.29, 1.82) is 0 Å². The molecule has 2 atom stereocenters. The van der Waals surface area contributed by atoms with E-state index in [-0.39, 0.29) is 12.6 Å². The van der Waals surface area contributed by atoms with Crippen molar-refractivity contribution in [2.45, 2.75) is 49.8 Å². The minimum atomic E-state index is -3.07. The zero-order chi connectivity index (χ0) is 25.7. The molecule has 1 saturated carbocycles. The standard InChI is InChI=1S/C28H31F2N3O3/c1-19(36)27-31-12-13-33(27)26(16-34)11-4-20-2-5-21(6-3-20)22-7-9-23(10-8-22)24-14-25(15-24)32-17-28(29,30)18-35/h2-3,5-10,12-13,19,24-26,32,34-36H,14-18H2,1H3/t19-,24?,25?,26?/m0/s1. The Kier molecular flexibility index (Phi) is 8.17. The molecule has 4 N–H and O–H groups in total. The van der Waals surface area contributed by atoms with Crippen LogP contribution in [0.25, 0.3) is 11.1 Å². The molecule has 1 aliphatic carbocycles. The van der Waals surface area contributed by atoms with Crippen LogP contribution in [0.4, 0.5) is 8.78 Å². The third kappa shape index (κ3) is 6.18. The first-order chi connectivity index (χ1) is 17.3. The third-order valence-electron chi connectivity index (χ3n) is 6.58. The number of aliphatic hydroxyl groups is 3. The molecular formula is C28H31F2N3O3. The van der Waals surface area contributed by atoms with Gasteiger partial charge in [-0.3, -0.25) is 0 Å². The molecular weight excluding hydrogens is 464 g/mol. The van der Waals surface area contributed by atoms with Crippen molar-refractivity contribution in [3.8, 4) is 23.0 Å². The Bertz CT molecular complexity index is 1190. The minimum absolute atomic E-state index is 0.0543. The van der Waals surface area contributed by atoms with E-state index in [0.717, 1.165) is 29.5 Å². The van der Waals surface area contributed by atoms with Crippen LogP contribution in [0, 0.1) is 11.8 Å². The lowest BCUT2D eigenvalue weighted by atomic mass is 9.75. The predicted octanol–water partition coefficient (Wildman–Crippen LogP) is 3.65.